The molecule has 0 aliphatic heterocycles. The van der Waals surface area contributed by atoms with Crippen molar-refractivity contribution in [3.8, 4) is 0 Å². The van der Waals surface area contributed by atoms with Gasteiger partial charge in [0.05, 0.1) is 6.04 Å². The van der Waals surface area contributed by atoms with Crippen LogP contribution in [0.2, 0.25) is 0 Å². The third-order valence-electron chi connectivity index (χ3n) is 1.21. The van der Waals surface area contributed by atoms with Gasteiger partial charge in [0, 0.05) is 5.75 Å². The van der Waals surface area contributed by atoms with Crippen molar-refractivity contribution >= 4 is 24.1 Å². The number of alkyl carbamates (subject to hydrolysis) is 1. The van der Waals surface area contributed by atoms with Crippen molar-refractivity contribution in [3.05, 3.63) is 0 Å². The number of rotatable bonds is 4. The summed E-state index contributed by atoms with van der Waals surface area (Å²) in [7, 11) is 0. The second kappa shape index (κ2) is 5.90. The molecule has 0 aromatic carbocycles. The third-order valence-corrected chi connectivity index (χ3v) is 1.91. The Morgan fingerprint density at radius 1 is 1.57 bits per heavy atom. The van der Waals surface area contributed by atoms with Crippen molar-refractivity contribution in [3.63, 3.8) is 0 Å². The summed E-state index contributed by atoms with van der Waals surface area (Å²) in [5.41, 5.74) is -0.531. The fourth-order valence-corrected chi connectivity index (χ4v) is 1.27. The summed E-state index contributed by atoms with van der Waals surface area (Å²) in [6, 6.07) is -0.472. The highest BCUT2D eigenvalue weighted by Gasteiger charge is 2.18. The molecule has 5 heteroatoms. The Bertz CT molecular complexity index is 201. The summed E-state index contributed by atoms with van der Waals surface area (Å²) in [5, 5.41) is 2.47. The maximum Gasteiger partial charge on any atom is 0.408 e. The van der Waals surface area contributed by atoms with Crippen molar-refractivity contribution in [2.45, 2.75) is 32.4 Å². The van der Waals surface area contributed by atoms with E-state index in [2.05, 4.69) is 5.32 Å². The van der Waals surface area contributed by atoms with Gasteiger partial charge in [-0.1, -0.05) is 0 Å². The molecule has 0 aliphatic rings. The molecule has 82 valence electrons. The predicted octanol–water partition coefficient (Wildman–Crippen LogP) is 1.44. The summed E-state index contributed by atoms with van der Waals surface area (Å²) in [6.07, 6.45) is 2.02. The number of hydrogen-bond donors (Lipinski definition) is 1. The van der Waals surface area contributed by atoms with Crippen molar-refractivity contribution in [1.82, 2.24) is 5.32 Å². The Labute approximate surface area is 88.8 Å². The predicted molar refractivity (Wildman–Crippen MR) is 57.6 cm³/mol. The molecule has 14 heavy (non-hydrogen) atoms. The van der Waals surface area contributed by atoms with Crippen LogP contribution in [0.15, 0.2) is 0 Å². The van der Waals surface area contributed by atoms with E-state index in [1.165, 1.54) is 11.8 Å². The minimum atomic E-state index is -0.552. The van der Waals surface area contributed by atoms with Gasteiger partial charge < -0.3 is 14.8 Å². The van der Waals surface area contributed by atoms with E-state index in [0.717, 1.165) is 0 Å². The van der Waals surface area contributed by atoms with E-state index in [0.29, 0.717) is 12.0 Å². The number of carbonyl (C=O) groups is 2. The molecule has 0 radical (unpaired) electrons. The first kappa shape index (κ1) is 13.3. The molecule has 4 nitrogen and oxygen atoms in total. The second-order valence-electron chi connectivity index (χ2n) is 3.84. The van der Waals surface area contributed by atoms with E-state index < -0.39 is 17.7 Å². The molecule has 1 atom stereocenters. The zero-order valence-electron chi connectivity index (χ0n) is 8.99. The lowest BCUT2D eigenvalue weighted by Gasteiger charge is -2.21. The summed E-state index contributed by atoms with van der Waals surface area (Å²) in [5.74, 6) is 0.558. The van der Waals surface area contributed by atoms with Crippen LogP contribution in [-0.4, -0.2) is 36.0 Å². The highest BCUT2D eigenvalue weighted by Crippen LogP contribution is 2.07. The number of amides is 1. The Kier molecular flexibility index (Phi) is 5.60. The van der Waals surface area contributed by atoms with Gasteiger partial charge in [-0.05, 0) is 27.0 Å². The normalized spacial score (nSPS) is 13.1. The van der Waals surface area contributed by atoms with E-state index >= 15 is 0 Å². The minimum Gasteiger partial charge on any atom is -0.444 e. The fourth-order valence-electron chi connectivity index (χ4n) is 0.753. The molecular weight excluding hydrogens is 202 g/mol. The molecule has 1 unspecified atom stereocenters. The molecule has 0 bridgehead atoms. The highest BCUT2D eigenvalue weighted by atomic mass is 32.2. The van der Waals surface area contributed by atoms with Crippen LogP contribution in [0, 0.1) is 0 Å². The highest BCUT2D eigenvalue weighted by molar-refractivity contribution is 7.98. The summed E-state index contributed by atoms with van der Waals surface area (Å²) < 4.78 is 5.00. The van der Waals surface area contributed by atoms with Gasteiger partial charge in [-0.3, -0.25) is 0 Å². The molecular formula is C9H17NO3S. The van der Waals surface area contributed by atoms with Crippen LogP contribution in [0.25, 0.3) is 0 Å². The Balaban J connectivity index is 3.97. The fraction of sp³-hybridized carbons (Fsp3) is 0.778. The van der Waals surface area contributed by atoms with Crippen molar-refractivity contribution in [1.29, 1.82) is 0 Å². The number of ether oxygens (including phenoxy) is 1. The zero-order valence-corrected chi connectivity index (χ0v) is 9.81. The standard InChI is InChI=1S/C9H17NO3S/c1-9(2,3)13-8(12)10-7(5-11)6-14-4/h5,7H,6H2,1-4H3,(H,10,12). The Morgan fingerprint density at radius 2 is 2.14 bits per heavy atom. The quantitative estimate of drug-likeness (QED) is 0.727. The van der Waals surface area contributed by atoms with Gasteiger partial charge in [0.2, 0.25) is 0 Å². The summed E-state index contributed by atoms with van der Waals surface area (Å²) in [6.45, 7) is 5.32. The number of nitrogens with one attached hydrogen (secondary N) is 1. The van der Waals surface area contributed by atoms with Gasteiger partial charge in [0.15, 0.2) is 0 Å². The first-order valence-electron chi connectivity index (χ1n) is 4.33. The first-order chi connectivity index (χ1) is 6.39. The SMILES string of the molecule is CSCC(C=O)NC(=O)OC(C)(C)C. The molecule has 0 aromatic heterocycles. The lowest BCUT2D eigenvalue weighted by Crippen LogP contribution is -2.41. The van der Waals surface area contributed by atoms with Crippen LogP contribution in [-0.2, 0) is 9.53 Å². The van der Waals surface area contributed by atoms with Gasteiger partial charge in [0.1, 0.15) is 11.9 Å². The van der Waals surface area contributed by atoms with Crippen LogP contribution >= 0.6 is 11.8 Å². The van der Waals surface area contributed by atoms with E-state index in [1.54, 1.807) is 20.8 Å². The largest absolute Gasteiger partial charge is 0.444 e. The minimum absolute atomic E-state index is 0.472. The topological polar surface area (TPSA) is 55.4 Å². The number of aldehydes is 1. The van der Waals surface area contributed by atoms with Gasteiger partial charge in [-0.25, -0.2) is 4.79 Å². The van der Waals surface area contributed by atoms with Crippen molar-refractivity contribution in [2.75, 3.05) is 12.0 Å². The van der Waals surface area contributed by atoms with Gasteiger partial charge >= 0.3 is 6.09 Å². The van der Waals surface area contributed by atoms with Crippen LogP contribution < -0.4 is 5.32 Å². The molecule has 0 saturated heterocycles. The van der Waals surface area contributed by atoms with Crippen molar-refractivity contribution in [2.24, 2.45) is 0 Å². The lowest BCUT2D eigenvalue weighted by atomic mass is 10.2. The molecule has 0 rings (SSSR count). The molecule has 0 aliphatic carbocycles. The Morgan fingerprint density at radius 3 is 2.50 bits per heavy atom. The molecule has 1 N–H and O–H groups in total. The lowest BCUT2D eigenvalue weighted by molar-refractivity contribution is -0.109. The van der Waals surface area contributed by atoms with Crippen LogP contribution in [0.1, 0.15) is 20.8 Å². The van der Waals surface area contributed by atoms with E-state index in [1.807, 2.05) is 6.26 Å². The number of hydrogen-bond acceptors (Lipinski definition) is 4. The molecule has 0 spiro atoms. The smallest absolute Gasteiger partial charge is 0.408 e. The molecule has 0 heterocycles. The van der Waals surface area contributed by atoms with Crippen molar-refractivity contribution < 1.29 is 14.3 Å². The maximum absolute atomic E-state index is 11.2. The molecule has 0 fully saturated rings. The van der Waals surface area contributed by atoms with E-state index in [9.17, 15) is 9.59 Å². The molecule has 0 saturated carbocycles. The summed E-state index contributed by atoms with van der Waals surface area (Å²) >= 11 is 1.49. The van der Waals surface area contributed by atoms with Gasteiger partial charge in [0.25, 0.3) is 0 Å². The monoisotopic (exact) mass is 219 g/mol. The maximum atomic E-state index is 11.2. The zero-order chi connectivity index (χ0) is 11.2. The second-order valence-corrected chi connectivity index (χ2v) is 4.75. The van der Waals surface area contributed by atoms with Crippen LogP contribution in [0.5, 0.6) is 0 Å². The average molecular weight is 219 g/mol. The molecule has 0 aromatic rings. The molecule has 1 amide bonds. The number of thioether (sulfide) groups is 1. The van der Waals surface area contributed by atoms with Gasteiger partial charge in [-0.15, -0.1) is 0 Å². The van der Waals surface area contributed by atoms with Crippen LogP contribution in [0.4, 0.5) is 4.79 Å². The summed E-state index contributed by atoms with van der Waals surface area (Å²) in [4.78, 5) is 21.7. The van der Waals surface area contributed by atoms with E-state index in [-0.39, 0.29) is 0 Å². The first-order valence-corrected chi connectivity index (χ1v) is 5.72. The Hall–Kier alpha value is -0.710. The number of carbonyl (C=O) groups excluding carboxylic acids is 2. The van der Waals surface area contributed by atoms with Crippen LogP contribution in [0.3, 0.4) is 0 Å². The third kappa shape index (κ3) is 6.77. The van der Waals surface area contributed by atoms with E-state index in [4.69, 9.17) is 4.74 Å². The van der Waals surface area contributed by atoms with Gasteiger partial charge in [-0.2, -0.15) is 11.8 Å². The average Bonchev–Trinajstić information content (AvgIpc) is 2.00.